The zero-order valence-corrected chi connectivity index (χ0v) is 17.2. The average molecular weight is 391 g/mol. The number of halogens is 1. The van der Waals surface area contributed by atoms with Gasteiger partial charge in [-0.15, -0.1) is 0 Å². The molecule has 0 aromatic heterocycles. The van der Waals surface area contributed by atoms with E-state index in [0.717, 1.165) is 12.7 Å². The molecule has 0 spiro atoms. The first-order valence-electron chi connectivity index (χ1n) is 8.09. The molecule has 0 saturated heterocycles. The van der Waals surface area contributed by atoms with E-state index < -0.39 is 10.1 Å². The van der Waals surface area contributed by atoms with Crippen molar-refractivity contribution in [2.45, 2.75) is 59.2 Å². The van der Waals surface area contributed by atoms with E-state index in [9.17, 15) is 13.2 Å². The number of carbonyl (C=O) groups excluding carboxylic acids is 1. The number of rotatable bonds is 6. The monoisotopic (exact) mass is 390 g/mol. The van der Waals surface area contributed by atoms with Gasteiger partial charge in [-0.25, -0.2) is 4.79 Å². The Labute approximate surface area is 155 Å². The first-order valence-corrected chi connectivity index (χ1v) is 10.3. The summed E-state index contributed by atoms with van der Waals surface area (Å²) >= 11 is 6.05. The van der Waals surface area contributed by atoms with Crippen molar-refractivity contribution < 1.29 is 17.4 Å². The molecule has 1 rings (SSSR count). The van der Waals surface area contributed by atoms with E-state index in [2.05, 4.69) is 5.32 Å². The van der Waals surface area contributed by atoms with Gasteiger partial charge in [-0.05, 0) is 52.3 Å². The summed E-state index contributed by atoms with van der Waals surface area (Å²) in [7, 11) is -3.69. The predicted molar refractivity (Wildman–Crippen MR) is 101 cm³/mol. The van der Waals surface area contributed by atoms with E-state index in [4.69, 9.17) is 15.8 Å². The maximum absolute atomic E-state index is 12.7. The molecule has 8 heteroatoms. The summed E-state index contributed by atoms with van der Waals surface area (Å²) in [6.07, 6.45) is 1.73. The molecule has 0 radical (unpaired) electrons. The van der Waals surface area contributed by atoms with Gasteiger partial charge in [-0.3, -0.25) is 0 Å². The van der Waals surface area contributed by atoms with Gasteiger partial charge in [0.25, 0.3) is 0 Å². The predicted octanol–water partition coefficient (Wildman–Crippen LogP) is 3.79. The molecular formula is C17H27ClN2O4S. The Morgan fingerprint density at radius 1 is 1.36 bits per heavy atom. The zero-order chi connectivity index (χ0) is 19.4. The van der Waals surface area contributed by atoms with Gasteiger partial charge < -0.3 is 14.4 Å². The van der Waals surface area contributed by atoms with Crippen LogP contribution in [0.3, 0.4) is 0 Å². The van der Waals surface area contributed by atoms with Crippen molar-refractivity contribution in [2.75, 3.05) is 6.26 Å². The van der Waals surface area contributed by atoms with Gasteiger partial charge in [0, 0.05) is 22.2 Å². The molecule has 1 N–H and O–H groups in total. The summed E-state index contributed by atoms with van der Waals surface area (Å²) in [4.78, 5) is 14.3. The Hall–Kier alpha value is -1.47. The number of amides is 2. The third-order valence-corrected chi connectivity index (χ3v) is 4.19. The number of urea groups is 1. The van der Waals surface area contributed by atoms with E-state index in [-0.39, 0.29) is 29.9 Å². The van der Waals surface area contributed by atoms with Crippen molar-refractivity contribution in [1.29, 1.82) is 0 Å². The Kier molecular flexibility index (Phi) is 7.14. The fourth-order valence-electron chi connectivity index (χ4n) is 2.14. The maximum Gasteiger partial charge on any atom is 0.318 e. The van der Waals surface area contributed by atoms with Gasteiger partial charge >= 0.3 is 16.1 Å². The minimum atomic E-state index is -3.69. The Morgan fingerprint density at radius 2 is 1.96 bits per heavy atom. The van der Waals surface area contributed by atoms with Crippen LogP contribution in [-0.4, -0.2) is 37.2 Å². The summed E-state index contributed by atoms with van der Waals surface area (Å²) in [6.45, 7) is 9.80. The van der Waals surface area contributed by atoms with E-state index >= 15 is 0 Å². The van der Waals surface area contributed by atoms with Crippen LogP contribution in [0.15, 0.2) is 18.2 Å². The molecule has 25 heavy (non-hydrogen) atoms. The number of benzene rings is 1. The number of hydrogen-bond donors (Lipinski definition) is 1. The van der Waals surface area contributed by atoms with Crippen LogP contribution < -0.4 is 9.50 Å². The second-order valence-electron chi connectivity index (χ2n) is 7.10. The van der Waals surface area contributed by atoms with Crippen molar-refractivity contribution >= 4 is 27.8 Å². The first-order chi connectivity index (χ1) is 11.3. The molecule has 0 aliphatic rings. The van der Waals surface area contributed by atoms with Crippen molar-refractivity contribution in [2.24, 2.45) is 0 Å². The van der Waals surface area contributed by atoms with Gasteiger partial charge in [-0.1, -0.05) is 18.5 Å². The molecule has 2 amide bonds. The molecule has 0 aliphatic carbocycles. The molecule has 142 valence electrons. The largest absolute Gasteiger partial charge is 0.382 e. The molecule has 0 unspecified atom stereocenters. The molecule has 0 saturated carbocycles. The maximum atomic E-state index is 12.7. The minimum absolute atomic E-state index is 0.0487. The summed E-state index contributed by atoms with van der Waals surface area (Å²) < 4.78 is 28.0. The van der Waals surface area contributed by atoms with Gasteiger partial charge in [0.15, 0.2) is 0 Å². The van der Waals surface area contributed by atoms with Crippen LogP contribution in [0.1, 0.15) is 46.6 Å². The van der Waals surface area contributed by atoms with Crippen LogP contribution in [0.4, 0.5) is 4.79 Å². The topological polar surface area (TPSA) is 75.7 Å². The van der Waals surface area contributed by atoms with Crippen molar-refractivity contribution in [3.63, 3.8) is 0 Å². The molecule has 0 bridgehead atoms. The Morgan fingerprint density at radius 3 is 2.44 bits per heavy atom. The lowest BCUT2D eigenvalue weighted by Crippen LogP contribution is -2.50. The smallest absolute Gasteiger partial charge is 0.318 e. The summed E-state index contributed by atoms with van der Waals surface area (Å²) in [5.74, 6) is 0.170. The second-order valence-corrected chi connectivity index (χ2v) is 9.12. The highest BCUT2D eigenvalue weighted by atomic mass is 35.5. The average Bonchev–Trinajstić information content (AvgIpc) is 2.43. The van der Waals surface area contributed by atoms with Gasteiger partial charge in [0.2, 0.25) is 0 Å². The highest BCUT2D eigenvalue weighted by Crippen LogP contribution is 2.26. The molecule has 0 fully saturated rings. The molecule has 1 atom stereocenters. The van der Waals surface area contributed by atoms with Crippen molar-refractivity contribution in [3.8, 4) is 5.75 Å². The van der Waals surface area contributed by atoms with Crippen LogP contribution in [0.5, 0.6) is 5.75 Å². The fraction of sp³-hybridized carbons (Fsp3) is 0.588. The molecule has 0 aliphatic heterocycles. The van der Waals surface area contributed by atoms with E-state index in [0.29, 0.717) is 10.6 Å². The normalized spacial score (nSPS) is 13.2. The zero-order valence-electron chi connectivity index (χ0n) is 15.6. The summed E-state index contributed by atoms with van der Waals surface area (Å²) in [5.41, 5.74) is 0.144. The minimum Gasteiger partial charge on any atom is -0.382 e. The quantitative estimate of drug-likeness (QED) is 0.750. The Balaban J connectivity index is 3.19. The lowest BCUT2D eigenvalue weighted by Gasteiger charge is -2.32. The number of nitrogens with zero attached hydrogens (tertiary/aromatic N) is 1. The molecule has 1 aromatic carbocycles. The van der Waals surface area contributed by atoms with Gasteiger partial charge in [0.05, 0.1) is 12.8 Å². The highest BCUT2D eigenvalue weighted by Gasteiger charge is 2.25. The first kappa shape index (κ1) is 21.6. The molecule has 1 aromatic rings. The van der Waals surface area contributed by atoms with Crippen LogP contribution in [0.2, 0.25) is 5.02 Å². The standard InChI is InChI=1S/C17H27ClN2O4S/c1-7-12(2)20(16(21)19-17(3,4)5)11-13-10-14(18)8-9-15(13)24-25(6,22)23/h8-10,12H,7,11H2,1-6H3,(H,19,21)/t12-/m0/s1. The third-order valence-electron chi connectivity index (χ3n) is 3.47. The van der Waals surface area contributed by atoms with E-state index in [1.165, 1.54) is 6.07 Å². The van der Waals surface area contributed by atoms with Gasteiger partial charge in [0.1, 0.15) is 5.75 Å². The Bertz CT molecular complexity index is 714. The SMILES string of the molecule is CC[C@H](C)N(Cc1cc(Cl)ccc1OS(C)(=O)=O)C(=O)NC(C)(C)C. The lowest BCUT2D eigenvalue weighted by atomic mass is 10.1. The summed E-state index contributed by atoms with van der Waals surface area (Å²) in [5, 5.41) is 3.37. The molecule has 6 nitrogen and oxygen atoms in total. The fourth-order valence-corrected chi connectivity index (χ4v) is 2.82. The molecular weight excluding hydrogens is 364 g/mol. The second kappa shape index (κ2) is 8.27. The summed E-state index contributed by atoms with van der Waals surface area (Å²) in [6, 6.07) is 4.38. The van der Waals surface area contributed by atoms with Crippen molar-refractivity contribution in [1.82, 2.24) is 10.2 Å². The molecule has 0 heterocycles. The number of carbonyl (C=O) groups is 1. The van der Waals surface area contributed by atoms with E-state index in [1.807, 2.05) is 34.6 Å². The van der Waals surface area contributed by atoms with Crippen LogP contribution in [-0.2, 0) is 16.7 Å². The third kappa shape index (κ3) is 7.52. The number of nitrogens with one attached hydrogen (secondary N) is 1. The van der Waals surface area contributed by atoms with E-state index in [1.54, 1.807) is 17.0 Å². The van der Waals surface area contributed by atoms with Crippen LogP contribution in [0, 0.1) is 0 Å². The van der Waals surface area contributed by atoms with Crippen LogP contribution in [0.25, 0.3) is 0 Å². The van der Waals surface area contributed by atoms with Crippen LogP contribution >= 0.6 is 11.6 Å². The highest BCUT2D eigenvalue weighted by molar-refractivity contribution is 7.86. The number of hydrogen-bond acceptors (Lipinski definition) is 4. The van der Waals surface area contributed by atoms with Gasteiger partial charge in [-0.2, -0.15) is 8.42 Å². The lowest BCUT2D eigenvalue weighted by molar-refractivity contribution is 0.164. The van der Waals surface area contributed by atoms with Crippen molar-refractivity contribution in [3.05, 3.63) is 28.8 Å².